The fraction of sp³-hybridized carbons (Fsp3) is 0.200. The molecule has 0 radical (unpaired) electrons. The smallest absolute Gasteiger partial charge is 0.337 e. The van der Waals surface area contributed by atoms with Gasteiger partial charge >= 0.3 is 5.97 Å². The van der Waals surface area contributed by atoms with Gasteiger partial charge in [0.15, 0.2) is 0 Å². The highest BCUT2D eigenvalue weighted by molar-refractivity contribution is 5.89. The minimum absolute atomic E-state index is 0.104. The quantitative estimate of drug-likeness (QED) is 0.643. The number of ether oxygens (including phenoxy) is 3. The molecule has 134 valence electrons. The summed E-state index contributed by atoms with van der Waals surface area (Å²) < 4.78 is 21.5. The number of esters is 1. The van der Waals surface area contributed by atoms with Crippen molar-refractivity contribution in [3.8, 4) is 17.2 Å². The summed E-state index contributed by atoms with van der Waals surface area (Å²) in [5, 5.41) is 0.403. The summed E-state index contributed by atoms with van der Waals surface area (Å²) in [4.78, 5) is 24.2. The molecule has 0 bridgehead atoms. The molecule has 0 fully saturated rings. The van der Waals surface area contributed by atoms with E-state index in [0.29, 0.717) is 40.4 Å². The van der Waals surface area contributed by atoms with Crippen molar-refractivity contribution in [1.29, 1.82) is 0 Å². The van der Waals surface area contributed by atoms with Crippen LogP contribution in [0.4, 0.5) is 0 Å². The van der Waals surface area contributed by atoms with Gasteiger partial charge in [-0.25, -0.2) is 4.79 Å². The van der Waals surface area contributed by atoms with Crippen molar-refractivity contribution >= 4 is 16.9 Å². The molecule has 1 aromatic heterocycles. The van der Waals surface area contributed by atoms with Crippen LogP contribution in [0.1, 0.15) is 23.0 Å². The fourth-order valence-corrected chi connectivity index (χ4v) is 2.54. The lowest BCUT2D eigenvalue weighted by atomic mass is 10.2. The Labute approximate surface area is 149 Å². The average molecular weight is 354 g/mol. The second kappa shape index (κ2) is 7.31. The molecule has 0 spiro atoms. The molecule has 3 aromatic rings. The van der Waals surface area contributed by atoms with Gasteiger partial charge in [0.2, 0.25) is 11.2 Å². The highest BCUT2D eigenvalue weighted by atomic mass is 16.5. The predicted octanol–water partition coefficient (Wildman–Crippen LogP) is 4.08. The summed E-state index contributed by atoms with van der Waals surface area (Å²) in [5.74, 6) is 1.07. The van der Waals surface area contributed by atoms with E-state index in [1.165, 1.54) is 7.11 Å². The van der Waals surface area contributed by atoms with E-state index < -0.39 is 5.97 Å². The highest BCUT2D eigenvalue weighted by Gasteiger charge is 2.15. The number of aryl methyl sites for hydroxylation is 1. The molecule has 6 nitrogen and oxygen atoms in total. The first-order valence-electron chi connectivity index (χ1n) is 8.10. The van der Waals surface area contributed by atoms with E-state index in [0.717, 1.165) is 0 Å². The van der Waals surface area contributed by atoms with Crippen molar-refractivity contribution in [2.45, 2.75) is 13.8 Å². The van der Waals surface area contributed by atoms with Crippen LogP contribution in [0.15, 0.2) is 51.7 Å². The molecular formula is C20H18O6. The first kappa shape index (κ1) is 17.5. The molecule has 0 aliphatic heterocycles. The number of carbonyl (C=O) groups is 1. The molecule has 0 N–H and O–H groups in total. The van der Waals surface area contributed by atoms with Gasteiger partial charge in [-0.3, -0.25) is 4.79 Å². The Morgan fingerprint density at radius 3 is 2.42 bits per heavy atom. The monoisotopic (exact) mass is 354 g/mol. The van der Waals surface area contributed by atoms with Crippen LogP contribution in [0.3, 0.4) is 0 Å². The second-order valence-electron chi connectivity index (χ2n) is 5.53. The third kappa shape index (κ3) is 3.39. The molecular weight excluding hydrogens is 336 g/mol. The van der Waals surface area contributed by atoms with Crippen LogP contribution in [0.2, 0.25) is 0 Å². The Hall–Kier alpha value is -3.28. The van der Waals surface area contributed by atoms with Crippen LogP contribution in [-0.4, -0.2) is 19.7 Å². The minimum atomic E-state index is -0.442. The van der Waals surface area contributed by atoms with Gasteiger partial charge in [0, 0.05) is 6.07 Å². The molecule has 0 unspecified atom stereocenters. The summed E-state index contributed by atoms with van der Waals surface area (Å²) >= 11 is 0. The zero-order valence-electron chi connectivity index (χ0n) is 14.7. The lowest BCUT2D eigenvalue weighted by Gasteiger charge is -2.10. The van der Waals surface area contributed by atoms with Crippen LogP contribution in [0, 0.1) is 6.92 Å². The fourth-order valence-electron chi connectivity index (χ4n) is 2.54. The Bertz CT molecular complexity index is 1000. The summed E-state index contributed by atoms with van der Waals surface area (Å²) in [6.45, 7) is 4.07. The molecule has 2 aromatic carbocycles. The number of carbonyl (C=O) groups excluding carboxylic acids is 1. The number of hydrogen-bond acceptors (Lipinski definition) is 6. The van der Waals surface area contributed by atoms with Gasteiger partial charge in [0.1, 0.15) is 22.8 Å². The zero-order valence-corrected chi connectivity index (χ0v) is 14.7. The van der Waals surface area contributed by atoms with Crippen LogP contribution >= 0.6 is 0 Å². The van der Waals surface area contributed by atoms with E-state index in [2.05, 4.69) is 4.74 Å². The maximum Gasteiger partial charge on any atom is 0.337 e. The van der Waals surface area contributed by atoms with Gasteiger partial charge in [-0.15, -0.1) is 0 Å². The third-order valence-corrected chi connectivity index (χ3v) is 3.79. The van der Waals surface area contributed by atoms with E-state index in [-0.39, 0.29) is 11.2 Å². The van der Waals surface area contributed by atoms with Gasteiger partial charge in [0.25, 0.3) is 0 Å². The first-order chi connectivity index (χ1) is 12.5. The van der Waals surface area contributed by atoms with Crippen molar-refractivity contribution in [1.82, 2.24) is 0 Å². The Kier molecular flexibility index (Phi) is 4.93. The first-order valence-corrected chi connectivity index (χ1v) is 8.10. The maximum absolute atomic E-state index is 12.7. The van der Waals surface area contributed by atoms with E-state index in [1.54, 1.807) is 49.4 Å². The molecule has 0 amide bonds. The van der Waals surface area contributed by atoms with Crippen LogP contribution in [-0.2, 0) is 4.74 Å². The summed E-state index contributed by atoms with van der Waals surface area (Å²) in [7, 11) is 1.31. The third-order valence-electron chi connectivity index (χ3n) is 3.79. The van der Waals surface area contributed by atoms with E-state index in [4.69, 9.17) is 13.9 Å². The van der Waals surface area contributed by atoms with Crippen molar-refractivity contribution in [3.05, 3.63) is 64.0 Å². The number of rotatable bonds is 5. The molecule has 3 rings (SSSR count). The molecule has 0 saturated heterocycles. The second-order valence-corrected chi connectivity index (χ2v) is 5.53. The van der Waals surface area contributed by atoms with Crippen LogP contribution in [0.5, 0.6) is 17.2 Å². The lowest BCUT2D eigenvalue weighted by molar-refractivity contribution is 0.0600. The summed E-state index contributed by atoms with van der Waals surface area (Å²) in [6, 6.07) is 11.4. The normalized spacial score (nSPS) is 10.6. The highest BCUT2D eigenvalue weighted by Crippen LogP contribution is 2.27. The molecule has 0 aliphatic carbocycles. The number of methoxy groups -OCH3 is 1. The number of hydrogen-bond donors (Lipinski definition) is 0. The SMILES string of the molecule is CCOc1ccc2c(=O)c(Oc3ccc(C(=O)OC)cc3)c(C)oc2c1. The van der Waals surface area contributed by atoms with E-state index >= 15 is 0 Å². The van der Waals surface area contributed by atoms with Gasteiger partial charge in [-0.05, 0) is 50.2 Å². The molecule has 0 atom stereocenters. The summed E-state index contributed by atoms with van der Waals surface area (Å²) in [6.07, 6.45) is 0. The Balaban J connectivity index is 1.96. The Morgan fingerprint density at radius 1 is 1.08 bits per heavy atom. The van der Waals surface area contributed by atoms with Gasteiger partial charge in [0.05, 0.1) is 24.7 Å². The summed E-state index contributed by atoms with van der Waals surface area (Å²) in [5.41, 5.74) is 0.557. The number of fused-ring (bicyclic) bond motifs is 1. The molecule has 6 heteroatoms. The zero-order chi connectivity index (χ0) is 18.7. The molecule has 0 saturated carbocycles. The van der Waals surface area contributed by atoms with Crippen molar-refractivity contribution in [2.24, 2.45) is 0 Å². The molecule has 26 heavy (non-hydrogen) atoms. The van der Waals surface area contributed by atoms with Crippen molar-refractivity contribution in [2.75, 3.05) is 13.7 Å². The maximum atomic E-state index is 12.7. The average Bonchev–Trinajstić information content (AvgIpc) is 2.65. The predicted molar refractivity (Wildman–Crippen MR) is 96.2 cm³/mol. The van der Waals surface area contributed by atoms with Gasteiger partial charge in [-0.1, -0.05) is 0 Å². The van der Waals surface area contributed by atoms with Crippen LogP contribution < -0.4 is 14.9 Å². The molecule has 1 heterocycles. The van der Waals surface area contributed by atoms with Gasteiger partial charge in [-0.2, -0.15) is 0 Å². The van der Waals surface area contributed by atoms with Crippen LogP contribution in [0.25, 0.3) is 11.0 Å². The van der Waals surface area contributed by atoms with E-state index in [9.17, 15) is 9.59 Å². The van der Waals surface area contributed by atoms with Gasteiger partial charge < -0.3 is 18.6 Å². The van der Waals surface area contributed by atoms with Crippen molar-refractivity contribution in [3.63, 3.8) is 0 Å². The van der Waals surface area contributed by atoms with E-state index in [1.807, 2.05) is 6.92 Å². The lowest BCUT2D eigenvalue weighted by Crippen LogP contribution is -2.08. The number of benzene rings is 2. The minimum Gasteiger partial charge on any atom is -0.494 e. The van der Waals surface area contributed by atoms with Crippen molar-refractivity contribution < 1.29 is 23.4 Å². The Morgan fingerprint density at radius 2 is 1.77 bits per heavy atom. The molecule has 0 aliphatic rings. The topological polar surface area (TPSA) is 75.0 Å². The standard InChI is InChI=1S/C20H18O6/c1-4-24-15-9-10-16-17(11-15)25-12(2)19(18(16)21)26-14-7-5-13(6-8-14)20(22)23-3/h5-11H,4H2,1-3H3. The largest absolute Gasteiger partial charge is 0.494 e.